The van der Waals surface area contributed by atoms with E-state index in [9.17, 15) is 9.18 Å². The molecule has 3 nitrogen and oxygen atoms in total. The van der Waals surface area contributed by atoms with Crippen LogP contribution in [0.4, 0.5) is 4.39 Å². The Kier molecular flexibility index (Phi) is 3.46. The SMILES string of the molecule is O=C(c1cccc(F)c1Cl)N1CCC2CCC(C1)N2. The van der Waals surface area contributed by atoms with E-state index in [1.54, 1.807) is 11.0 Å². The summed E-state index contributed by atoms with van der Waals surface area (Å²) in [4.78, 5) is 14.2. The quantitative estimate of drug-likeness (QED) is 0.858. The van der Waals surface area contributed by atoms with Gasteiger partial charge in [0.1, 0.15) is 5.82 Å². The second kappa shape index (κ2) is 5.10. The van der Waals surface area contributed by atoms with Gasteiger partial charge in [0.05, 0.1) is 10.6 Å². The zero-order chi connectivity index (χ0) is 13.4. The third-order valence-corrected chi connectivity index (χ3v) is 4.38. The fourth-order valence-electron chi connectivity index (χ4n) is 2.97. The first-order chi connectivity index (χ1) is 9.15. The van der Waals surface area contributed by atoms with E-state index in [4.69, 9.17) is 11.6 Å². The number of fused-ring (bicyclic) bond motifs is 2. The summed E-state index contributed by atoms with van der Waals surface area (Å²) in [5.74, 6) is -0.708. The minimum Gasteiger partial charge on any atom is -0.337 e. The molecule has 0 radical (unpaired) electrons. The van der Waals surface area contributed by atoms with Crippen molar-refractivity contribution in [3.63, 3.8) is 0 Å². The summed E-state index contributed by atoms with van der Waals surface area (Å²) in [7, 11) is 0. The van der Waals surface area contributed by atoms with E-state index in [0.717, 1.165) is 12.8 Å². The Morgan fingerprint density at radius 2 is 2.11 bits per heavy atom. The predicted octanol–water partition coefficient (Wildman–Crippen LogP) is 2.45. The van der Waals surface area contributed by atoms with Gasteiger partial charge in [0.25, 0.3) is 5.91 Å². The highest BCUT2D eigenvalue weighted by Gasteiger charge is 2.32. The molecule has 19 heavy (non-hydrogen) atoms. The summed E-state index contributed by atoms with van der Waals surface area (Å²) in [6, 6.07) is 5.26. The lowest BCUT2D eigenvalue weighted by Gasteiger charge is -2.24. The minimum atomic E-state index is -0.540. The monoisotopic (exact) mass is 282 g/mol. The lowest BCUT2D eigenvalue weighted by Crippen LogP contribution is -2.39. The van der Waals surface area contributed by atoms with Crippen LogP contribution in [0.3, 0.4) is 0 Å². The van der Waals surface area contributed by atoms with E-state index in [0.29, 0.717) is 25.2 Å². The van der Waals surface area contributed by atoms with Gasteiger partial charge in [-0.05, 0) is 31.4 Å². The van der Waals surface area contributed by atoms with Crippen LogP contribution in [0.25, 0.3) is 0 Å². The van der Waals surface area contributed by atoms with Gasteiger partial charge in [-0.3, -0.25) is 4.79 Å². The molecule has 2 atom stereocenters. The van der Waals surface area contributed by atoms with E-state index >= 15 is 0 Å². The first kappa shape index (κ1) is 12.9. The van der Waals surface area contributed by atoms with Crippen molar-refractivity contribution < 1.29 is 9.18 Å². The number of benzene rings is 1. The number of amides is 1. The summed E-state index contributed by atoms with van der Waals surface area (Å²) in [5.41, 5.74) is 0.263. The molecule has 3 rings (SSSR count). The van der Waals surface area contributed by atoms with Gasteiger partial charge in [0, 0.05) is 25.2 Å². The zero-order valence-corrected chi connectivity index (χ0v) is 11.3. The van der Waals surface area contributed by atoms with E-state index in [2.05, 4.69) is 5.32 Å². The van der Waals surface area contributed by atoms with Crippen LogP contribution in [-0.2, 0) is 0 Å². The number of carbonyl (C=O) groups excluding carboxylic acids is 1. The molecule has 2 heterocycles. The number of carbonyl (C=O) groups is 1. The second-order valence-electron chi connectivity index (χ2n) is 5.28. The molecule has 0 aromatic heterocycles. The highest BCUT2D eigenvalue weighted by Crippen LogP contribution is 2.25. The summed E-state index contributed by atoms with van der Waals surface area (Å²) in [6.07, 6.45) is 3.24. The fourth-order valence-corrected chi connectivity index (χ4v) is 3.17. The van der Waals surface area contributed by atoms with Crippen LogP contribution in [-0.4, -0.2) is 36.0 Å². The van der Waals surface area contributed by atoms with E-state index < -0.39 is 5.82 Å². The molecule has 1 N–H and O–H groups in total. The summed E-state index contributed by atoms with van der Waals surface area (Å²) in [5, 5.41) is 3.44. The van der Waals surface area contributed by atoms with Crippen LogP contribution in [0.1, 0.15) is 29.6 Å². The molecule has 0 aliphatic carbocycles. The summed E-state index contributed by atoms with van der Waals surface area (Å²) in [6.45, 7) is 1.39. The van der Waals surface area contributed by atoms with Gasteiger partial charge in [-0.1, -0.05) is 17.7 Å². The Balaban J connectivity index is 1.81. The molecule has 0 spiro atoms. The van der Waals surface area contributed by atoms with E-state index in [-0.39, 0.29) is 16.5 Å². The lowest BCUT2D eigenvalue weighted by molar-refractivity contribution is 0.0748. The Labute approximate surface area is 116 Å². The van der Waals surface area contributed by atoms with Gasteiger partial charge < -0.3 is 10.2 Å². The normalized spacial score (nSPS) is 26.3. The highest BCUT2D eigenvalue weighted by molar-refractivity contribution is 6.34. The summed E-state index contributed by atoms with van der Waals surface area (Å²) >= 11 is 5.89. The molecule has 1 aromatic carbocycles. The second-order valence-corrected chi connectivity index (χ2v) is 5.66. The van der Waals surface area contributed by atoms with Crippen LogP contribution in [0.5, 0.6) is 0 Å². The first-order valence-electron chi connectivity index (χ1n) is 6.64. The average molecular weight is 283 g/mol. The molecule has 2 unspecified atom stereocenters. The van der Waals surface area contributed by atoms with Gasteiger partial charge >= 0.3 is 0 Å². The maximum Gasteiger partial charge on any atom is 0.255 e. The van der Waals surface area contributed by atoms with Gasteiger partial charge in [0.2, 0.25) is 0 Å². The van der Waals surface area contributed by atoms with Gasteiger partial charge in [-0.2, -0.15) is 0 Å². The Morgan fingerprint density at radius 1 is 1.32 bits per heavy atom. The number of rotatable bonds is 1. The van der Waals surface area contributed by atoms with Crippen molar-refractivity contribution in [3.8, 4) is 0 Å². The molecule has 0 saturated carbocycles. The molecule has 5 heteroatoms. The fraction of sp³-hybridized carbons (Fsp3) is 0.500. The molecule has 1 aromatic rings. The topological polar surface area (TPSA) is 32.3 Å². The third-order valence-electron chi connectivity index (χ3n) is 3.99. The van der Waals surface area contributed by atoms with Crippen LogP contribution < -0.4 is 5.32 Å². The maximum absolute atomic E-state index is 13.4. The number of halogens is 2. The molecule has 2 saturated heterocycles. The van der Waals surface area contributed by atoms with Crippen molar-refractivity contribution in [1.29, 1.82) is 0 Å². The number of likely N-dealkylation sites (tertiary alicyclic amines) is 1. The van der Waals surface area contributed by atoms with Crippen molar-refractivity contribution in [3.05, 3.63) is 34.6 Å². The maximum atomic E-state index is 13.4. The van der Waals surface area contributed by atoms with E-state index in [1.165, 1.54) is 18.6 Å². The number of hydrogen-bond acceptors (Lipinski definition) is 2. The number of hydrogen-bond donors (Lipinski definition) is 1. The average Bonchev–Trinajstić information content (AvgIpc) is 2.72. The molecule has 1 amide bonds. The van der Waals surface area contributed by atoms with Crippen LogP contribution in [0.2, 0.25) is 5.02 Å². The minimum absolute atomic E-state index is 0.0742. The molecular weight excluding hydrogens is 267 g/mol. The molecule has 2 fully saturated rings. The highest BCUT2D eigenvalue weighted by atomic mass is 35.5. The standard InChI is InChI=1S/C14H16ClFN2O/c15-13-11(2-1-3-12(13)16)14(19)18-7-6-9-4-5-10(8-18)17-9/h1-3,9-10,17H,4-8H2. The Bertz CT molecular complexity index is 508. The van der Waals surface area contributed by atoms with Crippen molar-refractivity contribution in [2.24, 2.45) is 0 Å². The largest absolute Gasteiger partial charge is 0.337 e. The third kappa shape index (κ3) is 2.47. The van der Waals surface area contributed by atoms with Gasteiger partial charge in [-0.15, -0.1) is 0 Å². The van der Waals surface area contributed by atoms with Crippen molar-refractivity contribution in [2.45, 2.75) is 31.3 Å². The smallest absolute Gasteiger partial charge is 0.255 e. The van der Waals surface area contributed by atoms with Crippen molar-refractivity contribution in [2.75, 3.05) is 13.1 Å². The molecule has 2 bridgehead atoms. The van der Waals surface area contributed by atoms with Gasteiger partial charge in [-0.25, -0.2) is 4.39 Å². The lowest BCUT2D eigenvalue weighted by atomic mass is 10.1. The molecular formula is C14H16ClFN2O. The molecule has 102 valence electrons. The van der Waals surface area contributed by atoms with Crippen LogP contribution >= 0.6 is 11.6 Å². The summed E-state index contributed by atoms with van der Waals surface area (Å²) < 4.78 is 13.4. The Morgan fingerprint density at radius 3 is 2.95 bits per heavy atom. The Hall–Kier alpha value is -1.13. The first-order valence-corrected chi connectivity index (χ1v) is 7.02. The molecule has 2 aliphatic heterocycles. The number of nitrogens with zero attached hydrogens (tertiary/aromatic N) is 1. The molecule has 2 aliphatic rings. The predicted molar refractivity (Wildman–Crippen MR) is 71.9 cm³/mol. The van der Waals surface area contributed by atoms with E-state index in [1.807, 2.05) is 0 Å². The zero-order valence-electron chi connectivity index (χ0n) is 10.5. The van der Waals surface area contributed by atoms with Crippen molar-refractivity contribution >= 4 is 17.5 Å². The van der Waals surface area contributed by atoms with Crippen molar-refractivity contribution in [1.82, 2.24) is 10.2 Å². The van der Waals surface area contributed by atoms with Gasteiger partial charge in [0.15, 0.2) is 0 Å². The number of nitrogens with one attached hydrogen (secondary N) is 1. The van der Waals surface area contributed by atoms with Crippen LogP contribution in [0.15, 0.2) is 18.2 Å². The van der Waals surface area contributed by atoms with Crippen LogP contribution in [0, 0.1) is 5.82 Å².